The number of fused-ring (bicyclic) bond motifs is 1. The fourth-order valence-electron chi connectivity index (χ4n) is 2.12. The van der Waals surface area contributed by atoms with E-state index < -0.39 is 0 Å². The van der Waals surface area contributed by atoms with Gasteiger partial charge in [-0.2, -0.15) is 0 Å². The van der Waals surface area contributed by atoms with E-state index in [1.807, 2.05) is 6.07 Å². The molecule has 3 N–H and O–H groups in total. The minimum atomic E-state index is 0.207. The smallest absolute Gasteiger partial charge is 0.119 e. The third kappa shape index (κ3) is 2.54. The van der Waals surface area contributed by atoms with Crippen LogP contribution in [-0.4, -0.2) is 18.3 Å². The van der Waals surface area contributed by atoms with Gasteiger partial charge >= 0.3 is 0 Å². The van der Waals surface area contributed by atoms with Gasteiger partial charge in [0, 0.05) is 12.6 Å². The summed E-state index contributed by atoms with van der Waals surface area (Å²) >= 11 is 0. The van der Waals surface area contributed by atoms with Gasteiger partial charge in [0.25, 0.3) is 0 Å². The zero-order valence-electron chi connectivity index (χ0n) is 9.48. The van der Waals surface area contributed by atoms with Gasteiger partial charge in [-0.25, -0.2) is 0 Å². The second-order valence-corrected chi connectivity index (χ2v) is 4.28. The van der Waals surface area contributed by atoms with Gasteiger partial charge < -0.3 is 15.6 Å². The van der Waals surface area contributed by atoms with Gasteiger partial charge in [-0.15, -0.1) is 0 Å². The average Bonchev–Trinajstić information content (AvgIpc) is 2.66. The fourth-order valence-corrected chi connectivity index (χ4v) is 2.12. The summed E-state index contributed by atoms with van der Waals surface area (Å²) in [5.41, 5.74) is 8.56. The van der Waals surface area contributed by atoms with Crippen molar-refractivity contribution in [1.29, 1.82) is 0 Å². The molecule has 3 heteroatoms. The van der Waals surface area contributed by atoms with Crippen LogP contribution in [-0.2, 0) is 6.42 Å². The number of rotatable bonds is 5. The summed E-state index contributed by atoms with van der Waals surface area (Å²) in [5.74, 6) is 0.922. The van der Waals surface area contributed by atoms with Crippen LogP contribution < -0.4 is 10.5 Å². The number of aliphatic hydroxyl groups excluding tert-OH is 1. The van der Waals surface area contributed by atoms with Crippen molar-refractivity contribution in [2.75, 3.05) is 13.2 Å². The van der Waals surface area contributed by atoms with Gasteiger partial charge in [0.15, 0.2) is 0 Å². The normalized spacial score (nSPS) is 18.5. The molecule has 0 aliphatic heterocycles. The van der Waals surface area contributed by atoms with Gasteiger partial charge in [-0.05, 0) is 48.9 Å². The Labute approximate surface area is 96.2 Å². The predicted octanol–water partition coefficient (Wildman–Crippen LogP) is 1.78. The first-order valence-corrected chi connectivity index (χ1v) is 5.93. The van der Waals surface area contributed by atoms with Crippen LogP contribution in [0, 0.1) is 0 Å². The molecular formula is C13H19NO2. The Hall–Kier alpha value is -1.06. The van der Waals surface area contributed by atoms with E-state index >= 15 is 0 Å². The molecule has 0 heterocycles. The van der Waals surface area contributed by atoms with Crippen molar-refractivity contribution in [3.63, 3.8) is 0 Å². The first-order chi connectivity index (χ1) is 7.81. The SMILES string of the molecule is NC1CCc2cc(OCCCCO)ccc21. The lowest BCUT2D eigenvalue weighted by molar-refractivity contribution is 0.253. The second-order valence-electron chi connectivity index (χ2n) is 4.28. The molecule has 2 rings (SSSR count). The Morgan fingerprint density at radius 2 is 2.25 bits per heavy atom. The van der Waals surface area contributed by atoms with E-state index in [0.717, 1.165) is 31.4 Å². The second kappa shape index (κ2) is 5.32. The van der Waals surface area contributed by atoms with E-state index in [1.54, 1.807) is 0 Å². The molecule has 0 saturated carbocycles. The van der Waals surface area contributed by atoms with Crippen molar-refractivity contribution in [3.8, 4) is 5.75 Å². The fraction of sp³-hybridized carbons (Fsp3) is 0.538. The van der Waals surface area contributed by atoms with E-state index in [-0.39, 0.29) is 12.6 Å². The quantitative estimate of drug-likeness (QED) is 0.745. The molecule has 1 unspecified atom stereocenters. The average molecular weight is 221 g/mol. The summed E-state index contributed by atoms with van der Waals surface area (Å²) in [4.78, 5) is 0. The van der Waals surface area contributed by atoms with Gasteiger partial charge in [0.2, 0.25) is 0 Å². The molecule has 0 amide bonds. The van der Waals surface area contributed by atoms with Gasteiger partial charge in [0.05, 0.1) is 6.61 Å². The van der Waals surface area contributed by atoms with E-state index in [0.29, 0.717) is 6.61 Å². The highest BCUT2D eigenvalue weighted by atomic mass is 16.5. The maximum atomic E-state index is 8.65. The highest BCUT2D eigenvalue weighted by Gasteiger charge is 2.18. The third-order valence-electron chi connectivity index (χ3n) is 3.06. The molecule has 0 spiro atoms. The molecule has 3 nitrogen and oxygen atoms in total. The molecule has 1 aliphatic rings. The number of unbranched alkanes of at least 4 members (excludes halogenated alkanes) is 1. The lowest BCUT2D eigenvalue weighted by Gasteiger charge is -2.09. The Balaban J connectivity index is 1.92. The molecule has 0 bridgehead atoms. The number of nitrogens with two attached hydrogens (primary N) is 1. The van der Waals surface area contributed by atoms with E-state index in [2.05, 4.69) is 12.1 Å². The Morgan fingerprint density at radius 3 is 3.06 bits per heavy atom. The monoisotopic (exact) mass is 221 g/mol. The Bertz CT molecular complexity index is 352. The third-order valence-corrected chi connectivity index (χ3v) is 3.06. The van der Waals surface area contributed by atoms with Crippen molar-refractivity contribution >= 4 is 0 Å². The van der Waals surface area contributed by atoms with Gasteiger partial charge in [0.1, 0.15) is 5.75 Å². The minimum Gasteiger partial charge on any atom is -0.494 e. The van der Waals surface area contributed by atoms with E-state index in [4.69, 9.17) is 15.6 Å². The van der Waals surface area contributed by atoms with Gasteiger partial charge in [-0.1, -0.05) is 6.07 Å². The lowest BCUT2D eigenvalue weighted by Crippen LogP contribution is -2.05. The summed E-state index contributed by atoms with van der Waals surface area (Å²) in [7, 11) is 0. The molecule has 16 heavy (non-hydrogen) atoms. The van der Waals surface area contributed by atoms with Crippen LogP contribution in [0.5, 0.6) is 5.75 Å². The largest absolute Gasteiger partial charge is 0.494 e. The summed E-state index contributed by atoms with van der Waals surface area (Å²) in [6, 6.07) is 6.37. The Morgan fingerprint density at radius 1 is 1.38 bits per heavy atom. The zero-order chi connectivity index (χ0) is 11.4. The molecule has 1 aliphatic carbocycles. The minimum absolute atomic E-state index is 0.207. The van der Waals surface area contributed by atoms with Crippen molar-refractivity contribution in [1.82, 2.24) is 0 Å². The van der Waals surface area contributed by atoms with Crippen LogP contribution in [0.25, 0.3) is 0 Å². The van der Waals surface area contributed by atoms with Gasteiger partial charge in [-0.3, -0.25) is 0 Å². The maximum Gasteiger partial charge on any atom is 0.119 e. The number of aliphatic hydroxyl groups is 1. The first kappa shape index (κ1) is 11.4. The van der Waals surface area contributed by atoms with Crippen LogP contribution in [0.3, 0.4) is 0 Å². The molecule has 0 radical (unpaired) electrons. The van der Waals surface area contributed by atoms with Crippen molar-refractivity contribution in [2.45, 2.75) is 31.7 Å². The molecule has 0 saturated heterocycles. The van der Waals surface area contributed by atoms with Crippen molar-refractivity contribution in [2.24, 2.45) is 5.73 Å². The number of ether oxygens (including phenoxy) is 1. The number of hydrogen-bond donors (Lipinski definition) is 2. The summed E-state index contributed by atoms with van der Waals surface area (Å²) in [5, 5.41) is 8.65. The van der Waals surface area contributed by atoms with Crippen LogP contribution in [0.1, 0.15) is 36.4 Å². The summed E-state index contributed by atoms with van der Waals surface area (Å²) in [6.07, 6.45) is 3.80. The van der Waals surface area contributed by atoms with Crippen LogP contribution in [0.4, 0.5) is 0 Å². The number of benzene rings is 1. The Kier molecular flexibility index (Phi) is 3.80. The van der Waals surface area contributed by atoms with Crippen molar-refractivity contribution in [3.05, 3.63) is 29.3 Å². The van der Waals surface area contributed by atoms with E-state index in [9.17, 15) is 0 Å². The first-order valence-electron chi connectivity index (χ1n) is 5.93. The molecule has 1 aromatic rings. The predicted molar refractivity (Wildman–Crippen MR) is 63.5 cm³/mol. The summed E-state index contributed by atoms with van der Waals surface area (Å²) < 4.78 is 5.62. The highest BCUT2D eigenvalue weighted by Crippen LogP contribution is 2.31. The summed E-state index contributed by atoms with van der Waals surface area (Å²) in [6.45, 7) is 0.911. The molecule has 0 aromatic heterocycles. The maximum absolute atomic E-state index is 8.65. The number of hydrogen-bond acceptors (Lipinski definition) is 3. The van der Waals surface area contributed by atoms with Crippen LogP contribution in [0.15, 0.2) is 18.2 Å². The van der Waals surface area contributed by atoms with Crippen LogP contribution >= 0.6 is 0 Å². The zero-order valence-corrected chi connectivity index (χ0v) is 9.48. The molecule has 1 atom stereocenters. The van der Waals surface area contributed by atoms with E-state index in [1.165, 1.54) is 11.1 Å². The highest BCUT2D eigenvalue weighted by molar-refractivity contribution is 5.40. The molecule has 0 fully saturated rings. The molecule has 88 valence electrons. The molecular weight excluding hydrogens is 202 g/mol. The number of aryl methyl sites for hydroxylation is 1. The lowest BCUT2D eigenvalue weighted by atomic mass is 10.1. The topological polar surface area (TPSA) is 55.5 Å². The van der Waals surface area contributed by atoms with Crippen LogP contribution in [0.2, 0.25) is 0 Å². The molecule has 1 aromatic carbocycles. The standard InChI is InChI=1S/C13H19NO2/c14-13-6-3-10-9-11(4-5-12(10)13)16-8-2-1-7-15/h4-5,9,13,15H,1-3,6-8,14H2. The van der Waals surface area contributed by atoms with Crippen molar-refractivity contribution < 1.29 is 9.84 Å².